The lowest BCUT2D eigenvalue weighted by Gasteiger charge is -2.48. The number of carbonyl (C=O) groups is 1. The highest BCUT2D eigenvalue weighted by Gasteiger charge is 2.54. The fourth-order valence-electron chi connectivity index (χ4n) is 13.2. The van der Waals surface area contributed by atoms with E-state index in [0.717, 1.165) is 141 Å². The van der Waals surface area contributed by atoms with Crippen molar-refractivity contribution in [3.8, 4) is 0 Å². The van der Waals surface area contributed by atoms with Gasteiger partial charge in [0.2, 0.25) is 5.91 Å². The van der Waals surface area contributed by atoms with E-state index in [0.29, 0.717) is 12.8 Å². The number of unbranched alkanes of at least 4 members (excludes halogenated alkanes) is 24. The number of ether oxygens (including phenoxy) is 6. The molecule has 19 nitrogen and oxygen atoms in total. The van der Waals surface area contributed by atoms with Gasteiger partial charge in [-0.25, -0.2) is 0 Å². The van der Waals surface area contributed by atoms with Gasteiger partial charge in [0.1, 0.15) is 73.2 Å². The van der Waals surface area contributed by atoms with Crippen LogP contribution >= 0.6 is 0 Å². The summed E-state index contributed by atoms with van der Waals surface area (Å²) in [6.45, 7) is 1.59. The van der Waals surface area contributed by atoms with Crippen LogP contribution in [0.5, 0.6) is 0 Å². The van der Waals surface area contributed by atoms with Crippen molar-refractivity contribution in [2.24, 2.45) is 0 Å². The smallest absolute Gasteiger partial charge is 0.220 e. The number of rotatable bonds is 66. The van der Waals surface area contributed by atoms with Gasteiger partial charge >= 0.3 is 0 Å². The number of hydrogen-bond donors (Lipinski definition) is 12. The third-order valence-electron chi connectivity index (χ3n) is 20.0. The Morgan fingerprint density at radius 1 is 0.333 bits per heavy atom. The molecule has 1 amide bonds. The standard InChI is InChI=1S/C92H151NO18/c1-3-5-7-9-11-13-15-17-19-21-23-25-27-29-30-31-32-33-34-35-36-37-38-39-40-41-42-43-44-46-48-50-52-54-56-58-60-62-64-66-68-70-80(98)93-75(76(97)69-67-65-63-61-59-57-55-53-51-49-47-45-28-26-24-22-20-18-16-14-12-10-8-6-4-2)74-106-90-86(104)83(101)88(78(72-95)108-90)111-92-87(105)84(102)89(79(73-96)109-92)110-91-85(103)82(100)81(99)77(71-94)107-91/h5,7,11,13,17,19,23,25,29-30,32-33,35-36,38-39,41-42,44,46,50-53,59,61,67,69,75-79,81-92,94-97,99-105H,3-4,6,8-10,12,14-16,18,20-22,24,26-28,31,34,37,40,43,45,47-49,54-58,60,62-66,68,70-74H2,1-2H3,(H,93,98)/b7-5-,13-11-,19-17-,25-23-,30-29-,33-32-,36-35-,39-38-,42-41-,46-44-,52-50-,53-51+,61-59+,69-67+. The first-order valence-electron chi connectivity index (χ1n) is 42.9. The molecule has 3 fully saturated rings. The number of nitrogens with one attached hydrogen (secondary N) is 1. The van der Waals surface area contributed by atoms with Crippen molar-refractivity contribution in [2.45, 2.75) is 375 Å². The molecule has 111 heavy (non-hydrogen) atoms. The quantitative estimate of drug-likeness (QED) is 0.0199. The molecule has 19 heteroatoms. The fraction of sp³-hybridized carbons (Fsp3) is 0.685. The SMILES string of the molecule is CC/C=C\C/C=C\C/C=C\C/C=C\C/C=C\C/C=C\C/C=C\C/C=C\C/C=C\C/C=C\C/C=C\CCCCCCCCCC(=O)NC(COC1OC(CO)C(OC2OC(CO)C(OC3OC(CO)C(O)C(O)C3O)C(O)C2O)C(O)C1O)C(O)/C=C/CC/C=C/CC/C=C/CCCCCCCCCCCCCCCCC. The molecule has 3 aliphatic rings. The molecule has 0 aromatic rings. The van der Waals surface area contributed by atoms with E-state index in [9.17, 15) is 61.0 Å². The monoisotopic (exact) mass is 1560 g/mol. The molecule has 12 N–H and O–H groups in total. The molecule has 17 unspecified atom stereocenters. The fourth-order valence-corrected chi connectivity index (χ4v) is 13.2. The highest BCUT2D eigenvalue weighted by Crippen LogP contribution is 2.33. The molecule has 17 atom stereocenters. The van der Waals surface area contributed by atoms with Crippen LogP contribution < -0.4 is 5.32 Å². The summed E-state index contributed by atoms with van der Waals surface area (Å²) in [7, 11) is 0. The molecule has 3 rings (SSSR count). The maximum Gasteiger partial charge on any atom is 0.220 e. The van der Waals surface area contributed by atoms with Crippen molar-refractivity contribution in [2.75, 3.05) is 26.4 Å². The third kappa shape index (κ3) is 48.3. The minimum atomic E-state index is -1.99. The zero-order valence-electron chi connectivity index (χ0n) is 67.9. The Morgan fingerprint density at radius 2 is 0.631 bits per heavy atom. The number of aliphatic hydroxyl groups excluding tert-OH is 11. The predicted molar refractivity (Wildman–Crippen MR) is 447 cm³/mol. The van der Waals surface area contributed by atoms with Crippen molar-refractivity contribution in [1.82, 2.24) is 5.32 Å². The Kier molecular flexibility index (Phi) is 62.8. The molecule has 0 saturated carbocycles. The van der Waals surface area contributed by atoms with Gasteiger partial charge in [0, 0.05) is 6.42 Å². The Bertz CT molecular complexity index is 2670. The Balaban J connectivity index is 1.37. The van der Waals surface area contributed by atoms with Crippen molar-refractivity contribution in [3.05, 3.63) is 170 Å². The average molecular weight is 1560 g/mol. The summed E-state index contributed by atoms with van der Waals surface area (Å²) in [5.74, 6) is -0.306. The molecule has 3 saturated heterocycles. The van der Waals surface area contributed by atoms with Gasteiger partial charge in [0.15, 0.2) is 18.9 Å². The molecule has 0 aromatic carbocycles. The van der Waals surface area contributed by atoms with Crippen molar-refractivity contribution >= 4 is 5.91 Å². The van der Waals surface area contributed by atoms with E-state index >= 15 is 0 Å². The van der Waals surface area contributed by atoms with Crippen LogP contribution in [0.1, 0.15) is 271 Å². The maximum atomic E-state index is 13.5. The summed E-state index contributed by atoms with van der Waals surface area (Å²) in [5.41, 5.74) is 0. The first-order valence-corrected chi connectivity index (χ1v) is 42.9. The van der Waals surface area contributed by atoms with Crippen LogP contribution in [-0.2, 0) is 33.2 Å². The largest absolute Gasteiger partial charge is 0.394 e. The summed E-state index contributed by atoms with van der Waals surface area (Å²) in [5, 5.41) is 121. The van der Waals surface area contributed by atoms with Crippen LogP contribution in [0.2, 0.25) is 0 Å². The highest BCUT2D eigenvalue weighted by molar-refractivity contribution is 5.76. The summed E-state index contributed by atoms with van der Waals surface area (Å²) in [6.07, 6.45) is 77.7. The number of amides is 1. The normalized spacial score (nSPS) is 25.9. The van der Waals surface area contributed by atoms with Crippen molar-refractivity contribution < 1.29 is 89.4 Å². The first-order chi connectivity index (χ1) is 54.3. The Labute approximate surface area is 668 Å². The number of allylic oxidation sites excluding steroid dienone is 27. The second kappa shape index (κ2) is 69.5. The van der Waals surface area contributed by atoms with Gasteiger partial charge in [0.25, 0.3) is 0 Å². The first kappa shape index (κ1) is 100. The van der Waals surface area contributed by atoms with E-state index in [1.807, 2.05) is 6.08 Å². The average Bonchev–Trinajstić information content (AvgIpc) is 0.780. The molecular formula is C92H151NO18. The molecule has 3 heterocycles. The molecular weight excluding hydrogens is 1410 g/mol. The summed E-state index contributed by atoms with van der Waals surface area (Å²) in [6, 6.07) is -1.02. The molecule has 632 valence electrons. The molecule has 0 spiro atoms. The zero-order chi connectivity index (χ0) is 80.3. The van der Waals surface area contributed by atoms with Gasteiger partial charge in [-0.2, -0.15) is 0 Å². The molecule has 0 radical (unpaired) electrons. The minimum Gasteiger partial charge on any atom is -0.394 e. The minimum absolute atomic E-state index is 0.208. The lowest BCUT2D eigenvalue weighted by molar-refractivity contribution is -0.379. The zero-order valence-corrected chi connectivity index (χ0v) is 67.9. The predicted octanol–water partition coefficient (Wildman–Crippen LogP) is 15.7. The highest BCUT2D eigenvalue weighted by atomic mass is 16.8. The van der Waals surface area contributed by atoms with Gasteiger partial charge in [0.05, 0.1) is 38.6 Å². The van der Waals surface area contributed by atoms with Crippen molar-refractivity contribution in [1.29, 1.82) is 0 Å². The van der Waals surface area contributed by atoms with Gasteiger partial charge in [-0.05, 0) is 128 Å². The summed E-state index contributed by atoms with van der Waals surface area (Å²) in [4.78, 5) is 13.5. The van der Waals surface area contributed by atoms with E-state index in [-0.39, 0.29) is 18.9 Å². The molecule has 3 aliphatic heterocycles. The Morgan fingerprint density at radius 3 is 1.01 bits per heavy atom. The van der Waals surface area contributed by atoms with E-state index in [1.165, 1.54) is 96.3 Å². The number of hydrogen-bond acceptors (Lipinski definition) is 18. The second-order valence-corrected chi connectivity index (χ2v) is 29.5. The van der Waals surface area contributed by atoms with E-state index in [1.54, 1.807) is 6.08 Å². The van der Waals surface area contributed by atoms with E-state index < -0.39 is 124 Å². The molecule has 0 bridgehead atoms. The van der Waals surface area contributed by atoms with Crippen LogP contribution in [0.15, 0.2) is 170 Å². The van der Waals surface area contributed by atoms with Crippen LogP contribution in [0.3, 0.4) is 0 Å². The topological polar surface area (TPSA) is 307 Å². The lowest BCUT2D eigenvalue weighted by atomic mass is 9.96. The maximum absolute atomic E-state index is 13.5. The van der Waals surface area contributed by atoms with Crippen LogP contribution in [0, 0.1) is 0 Å². The van der Waals surface area contributed by atoms with E-state index in [2.05, 4.69) is 177 Å². The van der Waals surface area contributed by atoms with Gasteiger partial charge in [-0.15, -0.1) is 0 Å². The number of carbonyl (C=O) groups excluding carboxylic acids is 1. The summed E-state index contributed by atoms with van der Waals surface area (Å²) >= 11 is 0. The molecule has 0 aliphatic carbocycles. The second-order valence-electron chi connectivity index (χ2n) is 29.5. The van der Waals surface area contributed by atoms with Gasteiger partial charge in [-0.1, -0.05) is 306 Å². The molecule has 0 aromatic heterocycles. The van der Waals surface area contributed by atoms with Crippen LogP contribution in [-0.4, -0.2) is 193 Å². The van der Waals surface area contributed by atoms with E-state index in [4.69, 9.17) is 28.4 Å². The third-order valence-corrected chi connectivity index (χ3v) is 20.0. The van der Waals surface area contributed by atoms with Crippen LogP contribution in [0.25, 0.3) is 0 Å². The van der Waals surface area contributed by atoms with Crippen molar-refractivity contribution in [3.63, 3.8) is 0 Å². The Hall–Kier alpha value is -4.85. The number of aliphatic hydroxyl groups is 11. The van der Waals surface area contributed by atoms with Gasteiger partial charge in [-0.3, -0.25) is 4.79 Å². The van der Waals surface area contributed by atoms with Gasteiger partial charge < -0.3 is 89.9 Å². The van der Waals surface area contributed by atoms with Crippen LogP contribution in [0.4, 0.5) is 0 Å². The summed E-state index contributed by atoms with van der Waals surface area (Å²) < 4.78 is 34.4. The lowest BCUT2D eigenvalue weighted by Crippen LogP contribution is -2.66.